The van der Waals surface area contributed by atoms with Gasteiger partial charge in [-0.1, -0.05) is 50.1 Å². The minimum atomic E-state index is -1.39. The van der Waals surface area contributed by atoms with E-state index in [9.17, 15) is 14.8 Å². The largest absolute Gasteiger partial charge is 0.455 e. The minimum absolute atomic E-state index is 0.134. The number of hydrogen-bond donors (Lipinski definition) is 3. The van der Waals surface area contributed by atoms with Crippen LogP contribution >= 0.6 is 0 Å². The van der Waals surface area contributed by atoms with Crippen molar-refractivity contribution in [3.63, 3.8) is 0 Å². The molecule has 0 radical (unpaired) electrons. The number of rotatable bonds is 11. The SMILES string of the molecule is CCCCC[C@H]([NH3+])C(=O)CC[C@@H](Cc1ccccc1)B(O)O. The summed E-state index contributed by atoms with van der Waals surface area (Å²) in [5.41, 5.74) is 5.00. The number of quaternary nitrogens is 1. The molecule has 122 valence electrons. The van der Waals surface area contributed by atoms with E-state index in [-0.39, 0.29) is 17.6 Å². The number of hydrogen-bond acceptors (Lipinski definition) is 3. The third-order valence-corrected chi connectivity index (χ3v) is 4.14. The molecule has 1 aromatic rings. The predicted octanol–water partition coefficient (Wildman–Crippen LogP) is 1.61. The highest BCUT2D eigenvalue weighted by molar-refractivity contribution is 6.43. The molecule has 0 spiro atoms. The molecule has 5 heteroatoms. The third kappa shape index (κ3) is 7.21. The fourth-order valence-corrected chi connectivity index (χ4v) is 2.61. The fourth-order valence-electron chi connectivity index (χ4n) is 2.61. The summed E-state index contributed by atoms with van der Waals surface area (Å²) in [7, 11) is -1.39. The first kappa shape index (κ1) is 18.9. The number of Topliss-reactive ketones (excluding diaryl/α,β-unsaturated/α-hetero) is 1. The second-order valence-electron chi connectivity index (χ2n) is 6.06. The van der Waals surface area contributed by atoms with Gasteiger partial charge in [0, 0.05) is 12.8 Å². The molecule has 4 nitrogen and oxygen atoms in total. The summed E-state index contributed by atoms with van der Waals surface area (Å²) in [6.45, 7) is 2.14. The summed E-state index contributed by atoms with van der Waals surface area (Å²) in [6.07, 6.45) is 5.57. The molecule has 0 aliphatic rings. The van der Waals surface area contributed by atoms with Gasteiger partial charge in [-0.25, -0.2) is 0 Å². The lowest BCUT2D eigenvalue weighted by molar-refractivity contribution is -0.404. The molecule has 0 amide bonds. The molecule has 0 saturated carbocycles. The first-order valence-electron chi connectivity index (χ1n) is 8.30. The molecular formula is C17H29BNO3+. The molecule has 1 aromatic carbocycles. The summed E-state index contributed by atoms with van der Waals surface area (Å²) in [4.78, 5) is 12.1. The van der Waals surface area contributed by atoms with E-state index < -0.39 is 7.12 Å². The maximum Gasteiger partial charge on any atom is 0.455 e. The monoisotopic (exact) mass is 306 g/mol. The first-order valence-corrected chi connectivity index (χ1v) is 8.30. The maximum absolute atomic E-state index is 12.1. The molecule has 0 aliphatic carbocycles. The van der Waals surface area contributed by atoms with E-state index in [4.69, 9.17) is 0 Å². The molecule has 2 atom stereocenters. The number of benzene rings is 1. The van der Waals surface area contributed by atoms with Gasteiger partial charge >= 0.3 is 7.12 Å². The van der Waals surface area contributed by atoms with Gasteiger partial charge in [0.1, 0.15) is 6.04 Å². The van der Waals surface area contributed by atoms with Gasteiger partial charge in [-0.3, -0.25) is 4.79 Å². The Hall–Kier alpha value is -1.17. The summed E-state index contributed by atoms with van der Waals surface area (Å²) >= 11 is 0. The van der Waals surface area contributed by atoms with E-state index in [1.165, 1.54) is 0 Å². The van der Waals surface area contributed by atoms with Crippen LogP contribution in [-0.4, -0.2) is 29.0 Å². The molecule has 22 heavy (non-hydrogen) atoms. The number of ketones is 1. The topological polar surface area (TPSA) is 85.2 Å². The van der Waals surface area contributed by atoms with E-state index in [0.717, 1.165) is 31.2 Å². The van der Waals surface area contributed by atoms with Gasteiger partial charge in [0.2, 0.25) is 0 Å². The van der Waals surface area contributed by atoms with Crippen molar-refractivity contribution in [1.82, 2.24) is 0 Å². The quantitative estimate of drug-likeness (QED) is 0.429. The fraction of sp³-hybridized carbons (Fsp3) is 0.588. The van der Waals surface area contributed by atoms with E-state index >= 15 is 0 Å². The number of unbranched alkanes of at least 4 members (excludes halogenated alkanes) is 2. The van der Waals surface area contributed by atoms with Crippen molar-refractivity contribution in [3.05, 3.63) is 35.9 Å². The van der Waals surface area contributed by atoms with Gasteiger partial charge in [0.25, 0.3) is 0 Å². The molecule has 0 unspecified atom stereocenters. The van der Waals surface area contributed by atoms with Crippen molar-refractivity contribution in [2.45, 2.75) is 63.7 Å². The average molecular weight is 306 g/mol. The van der Waals surface area contributed by atoms with Crippen LogP contribution in [0.1, 0.15) is 51.0 Å². The van der Waals surface area contributed by atoms with Gasteiger partial charge in [-0.05, 0) is 30.6 Å². The highest BCUT2D eigenvalue weighted by atomic mass is 16.4. The third-order valence-electron chi connectivity index (χ3n) is 4.14. The zero-order valence-electron chi connectivity index (χ0n) is 13.6. The van der Waals surface area contributed by atoms with Crippen molar-refractivity contribution in [1.29, 1.82) is 0 Å². The van der Waals surface area contributed by atoms with Crippen LogP contribution in [-0.2, 0) is 11.2 Å². The van der Waals surface area contributed by atoms with Crippen molar-refractivity contribution in [2.75, 3.05) is 0 Å². The van der Waals surface area contributed by atoms with Crippen molar-refractivity contribution in [2.24, 2.45) is 0 Å². The Morgan fingerprint density at radius 2 is 1.86 bits per heavy atom. The van der Waals surface area contributed by atoms with Crippen LogP contribution in [0.4, 0.5) is 0 Å². The van der Waals surface area contributed by atoms with Crippen LogP contribution < -0.4 is 5.73 Å². The summed E-state index contributed by atoms with van der Waals surface area (Å²) in [5, 5.41) is 19.1. The van der Waals surface area contributed by atoms with Crippen LogP contribution in [0.25, 0.3) is 0 Å². The molecule has 0 saturated heterocycles. The Bertz CT molecular complexity index is 425. The van der Waals surface area contributed by atoms with E-state index in [1.54, 1.807) is 0 Å². The molecule has 0 fully saturated rings. The van der Waals surface area contributed by atoms with Crippen LogP contribution in [0.2, 0.25) is 5.82 Å². The van der Waals surface area contributed by atoms with Crippen molar-refractivity contribution >= 4 is 12.9 Å². The summed E-state index contributed by atoms with van der Waals surface area (Å²) in [5.74, 6) is -0.177. The van der Waals surface area contributed by atoms with E-state index in [2.05, 4.69) is 12.7 Å². The first-order chi connectivity index (χ1) is 10.5. The van der Waals surface area contributed by atoms with Gasteiger partial charge in [0.05, 0.1) is 0 Å². The van der Waals surface area contributed by atoms with Gasteiger partial charge in [-0.2, -0.15) is 0 Å². The zero-order chi connectivity index (χ0) is 16.4. The smallest absolute Gasteiger partial charge is 0.427 e. The lowest BCUT2D eigenvalue weighted by Crippen LogP contribution is -2.64. The van der Waals surface area contributed by atoms with Crippen LogP contribution in [0, 0.1) is 0 Å². The molecule has 0 aromatic heterocycles. The van der Waals surface area contributed by atoms with Gasteiger partial charge < -0.3 is 15.8 Å². The predicted molar refractivity (Wildman–Crippen MR) is 89.1 cm³/mol. The standard InChI is InChI=1S/C17H28BNO3/c1-2-3-5-10-16(19)17(20)12-11-15(18(21)22)13-14-8-6-4-7-9-14/h4,6-9,15-16,21-22H,2-3,5,10-13,19H2,1H3/p+1/t15-,16-/m0/s1. The summed E-state index contributed by atoms with van der Waals surface area (Å²) in [6, 6.07) is 9.56. The molecule has 5 N–H and O–H groups in total. The highest BCUT2D eigenvalue weighted by Crippen LogP contribution is 2.22. The number of carbonyl (C=O) groups is 1. The Kier molecular flexibility index (Phi) is 9.05. The van der Waals surface area contributed by atoms with Crippen LogP contribution in [0.15, 0.2) is 30.3 Å². The maximum atomic E-state index is 12.1. The van der Waals surface area contributed by atoms with Crippen LogP contribution in [0.3, 0.4) is 0 Å². The Morgan fingerprint density at radius 1 is 1.18 bits per heavy atom. The molecule has 0 bridgehead atoms. The van der Waals surface area contributed by atoms with Crippen molar-refractivity contribution < 1.29 is 20.6 Å². The lowest BCUT2D eigenvalue weighted by Gasteiger charge is -2.16. The average Bonchev–Trinajstić information content (AvgIpc) is 2.51. The second-order valence-corrected chi connectivity index (χ2v) is 6.06. The summed E-state index contributed by atoms with van der Waals surface area (Å²) < 4.78 is 0. The molecule has 0 aliphatic heterocycles. The Balaban J connectivity index is 2.42. The molecule has 1 rings (SSSR count). The Labute approximate surface area is 133 Å². The molecular weight excluding hydrogens is 277 g/mol. The zero-order valence-corrected chi connectivity index (χ0v) is 13.6. The lowest BCUT2D eigenvalue weighted by atomic mass is 9.67. The highest BCUT2D eigenvalue weighted by Gasteiger charge is 2.26. The number of carbonyl (C=O) groups excluding carboxylic acids is 1. The second kappa shape index (κ2) is 10.5. The van der Waals surface area contributed by atoms with E-state index in [1.807, 2.05) is 30.3 Å². The minimum Gasteiger partial charge on any atom is -0.427 e. The van der Waals surface area contributed by atoms with Crippen molar-refractivity contribution in [3.8, 4) is 0 Å². The van der Waals surface area contributed by atoms with Crippen LogP contribution in [0.5, 0.6) is 0 Å². The normalized spacial score (nSPS) is 13.6. The Morgan fingerprint density at radius 3 is 2.45 bits per heavy atom. The van der Waals surface area contributed by atoms with Gasteiger partial charge in [-0.15, -0.1) is 0 Å². The van der Waals surface area contributed by atoms with E-state index in [0.29, 0.717) is 19.3 Å². The molecule has 0 heterocycles. The van der Waals surface area contributed by atoms with Gasteiger partial charge in [0.15, 0.2) is 5.78 Å².